The Morgan fingerprint density at radius 2 is 1.14 bits per heavy atom. The summed E-state index contributed by atoms with van der Waals surface area (Å²) in [7, 11) is 0. The molecule has 0 saturated heterocycles. The second-order valence-electron chi connectivity index (χ2n) is 12.9. The lowest BCUT2D eigenvalue weighted by Crippen LogP contribution is -2.10. The van der Waals surface area contributed by atoms with Crippen molar-refractivity contribution in [2.24, 2.45) is 0 Å². The number of thiophene rings is 2. The summed E-state index contributed by atoms with van der Waals surface area (Å²) in [6, 6.07) is 59.4. The number of hydrogen-bond donors (Lipinski definition) is 0. The zero-order valence-corrected chi connectivity index (χ0v) is 28.4. The quantitative estimate of drug-likeness (QED) is 0.185. The Morgan fingerprint density at radius 1 is 0.420 bits per heavy atom. The molecule has 0 aliphatic rings. The Labute approximate surface area is 295 Å². The number of benzene rings is 8. The Morgan fingerprint density at radius 3 is 2.04 bits per heavy atom. The van der Waals surface area contributed by atoms with Crippen LogP contribution in [0.5, 0.6) is 0 Å². The van der Waals surface area contributed by atoms with Gasteiger partial charge < -0.3 is 9.32 Å². The summed E-state index contributed by atoms with van der Waals surface area (Å²) < 4.78 is 11.8. The summed E-state index contributed by atoms with van der Waals surface area (Å²) in [5.74, 6) is 0. The third-order valence-corrected chi connectivity index (χ3v) is 12.4. The van der Waals surface area contributed by atoms with Crippen molar-refractivity contribution in [3.63, 3.8) is 0 Å². The van der Waals surface area contributed by atoms with Crippen molar-refractivity contribution in [1.29, 1.82) is 0 Å². The van der Waals surface area contributed by atoms with Gasteiger partial charge in [-0.2, -0.15) is 0 Å². The normalized spacial score (nSPS) is 12.0. The van der Waals surface area contributed by atoms with Crippen molar-refractivity contribution in [3.8, 4) is 11.1 Å². The molecule has 2 nitrogen and oxygen atoms in total. The van der Waals surface area contributed by atoms with Crippen LogP contribution in [0.1, 0.15) is 0 Å². The number of fused-ring (bicyclic) bond motifs is 12. The lowest BCUT2D eigenvalue weighted by molar-refractivity contribution is 0.673. The maximum absolute atomic E-state index is 6.62. The molecular formula is C46H27NOS2. The number of hydrogen-bond acceptors (Lipinski definition) is 4. The maximum Gasteiger partial charge on any atom is 0.143 e. The standard InChI is InChI=1S/C46H27NOS2/c1-2-9-28(10-3-1)29-17-20-31(21-18-29)47(32-22-25-41-37(27-32)34-13-6-7-16-40(34)49-41)38-15-8-14-36-44-42(50-46(36)38)26-24-39-43(44)35-23-19-30-11-4-5-12-33(30)45(35)48-39/h1-27H. The third kappa shape index (κ3) is 4.13. The van der Waals surface area contributed by atoms with Gasteiger partial charge in [0.1, 0.15) is 11.2 Å². The van der Waals surface area contributed by atoms with Gasteiger partial charge in [-0.15, -0.1) is 22.7 Å². The predicted molar refractivity (Wildman–Crippen MR) is 217 cm³/mol. The molecule has 11 aromatic rings. The van der Waals surface area contributed by atoms with Crippen LogP contribution in [0.25, 0.3) is 84.2 Å². The van der Waals surface area contributed by atoms with Crippen molar-refractivity contribution < 1.29 is 4.42 Å². The molecule has 0 aliphatic heterocycles. The highest BCUT2D eigenvalue weighted by Gasteiger charge is 2.22. The molecule has 0 atom stereocenters. The minimum atomic E-state index is 0.928. The molecule has 234 valence electrons. The molecule has 0 saturated carbocycles. The SMILES string of the molecule is c1ccc(-c2ccc(N(c3ccc4sc5ccccc5c4c3)c3cccc4c3sc3ccc5oc6c7ccccc7ccc6c5c34)cc2)cc1. The molecule has 0 amide bonds. The van der Waals surface area contributed by atoms with Crippen molar-refractivity contribution in [1.82, 2.24) is 0 Å². The van der Waals surface area contributed by atoms with E-state index in [2.05, 4.69) is 169 Å². The number of anilines is 3. The van der Waals surface area contributed by atoms with E-state index in [4.69, 9.17) is 4.42 Å². The van der Waals surface area contributed by atoms with Gasteiger partial charge in [0.25, 0.3) is 0 Å². The van der Waals surface area contributed by atoms with Crippen molar-refractivity contribution >= 4 is 113 Å². The molecular weight excluding hydrogens is 647 g/mol. The van der Waals surface area contributed by atoms with Crippen LogP contribution in [-0.2, 0) is 0 Å². The van der Waals surface area contributed by atoms with Crippen molar-refractivity contribution in [3.05, 3.63) is 164 Å². The van der Waals surface area contributed by atoms with Crippen LogP contribution in [0.2, 0.25) is 0 Å². The molecule has 0 unspecified atom stereocenters. The smallest absolute Gasteiger partial charge is 0.143 e. The molecule has 8 aromatic carbocycles. The molecule has 4 heteroatoms. The minimum absolute atomic E-state index is 0.928. The molecule has 0 N–H and O–H groups in total. The van der Waals surface area contributed by atoms with Crippen LogP contribution in [0.3, 0.4) is 0 Å². The van der Waals surface area contributed by atoms with Gasteiger partial charge in [-0.05, 0) is 77.2 Å². The Kier molecular flexibility index (Phi) is 6.03. The van der Waals surface area contributed by atoms with E-state index < -0.39 is 0 Å². The Bertz CT molecular complexity index is 3090. The van der Waals surface area contributed by atoms with Gasteiger partial charge in [0, 0.05) is 63.2 Å². The van der Waals surface area contributed by atoms with Crippen LogP contribution in [0.15, 0.2) is 168 Å². The van der Waals surface area contributed by atoms with E-state index in [0.717, 1.165) is 33.3 Å². The topological polar surface area (TPSA) is 16.4 Å². The molecule has 50 heavy (non-hydrogen) atoms. The van der Waals surface area contributed by atoms with Crippen molar-refractivity contribution in [2.75, 3.05) is 4.90 Å². The number of furan rings is 1. The fraction of sp³-hybridized carbons (Fsp3) is 0. The van der Waals surface area contributed by atoms with E-state index in [1.165, 1.54) is 67.9 Å². The van der Waals surface area contributed by atoms with E-state index in [1.54, 1.807) is 0 Å². The lowest BCUT2D eigenvalue weighted by Gasteiger charge is -2.26. The van der Waals surface area contributed by atoms with Crippen molar-refractivity contribution in [2.45, 2.75) is 0 Å². The molecule has 3 aromatic heterocycles. The average molecular weight is 674 g/mol. The lowest BCUT2D eigenvalue weighted by atomic mass is 10.0. The van der Waals surface area contributed by atoms with Crippen LogP contribution < -0.4 is 4.90 Å². The maximum atomic E-state index is 6.62. The molecule has 0 radical (unpaired) electrons. The molecule has 11 rings (SSSR count). The van der Waals surface area contributed by atoms with Gasteiger partial charge in [-0.1, -0.05) is 103 Å². The summed E-state index contributed by atoms with van der Waals surface area (Å²) in [5, 5.41) is 9.79. The first kappa shape index (κ1) is 28.0. The fourth-order valence-corrected chi connectivity index (χ4v) is 10.1. The zero-order chi connectivity index (χ0) is 32.8. The highest BCUT2D eigenvalue weighted by Crippen LogP contribution is 2.49. The second-order valence-corrected chi connectivity index (χ2v) is 15.0. The second kappa shape index (κ2) is 10.8. The molecule has 3 heterocycles. The summed E-state index contributed by atoms with van der Waals surface area (Å²) in [4.78, 5) is 2.44. The first-order valence-electron chi connectivity index (χ1n) is 16.8. The van der Waals surface area contributed by atoms with Gasteiger partial charge in [0.05, 0.1) is 10.4 Å². The van der Waals surface area contributed by atoms with Gasteiger partial charge in [-0.3, -0.25) is 0 Å². The van der Waals surface area contributed by atoms with Crippen LogP contribution in [-0.4, -0.2) is 0 Å². The largest absolute Gasteiger partial charge is 0.455 e. The molecule has 0 fully saturated rings. The number of nitrogens with zero attached hydrogens (tertiary/aromatic N) is 1. The summed E-state index contributed by atoms with van der Waals surface area (Å²) in [5.41, 5.74) is 7.74. The van der Waals surface area contributed by atoms with Gasteiger partial charge in [0.15, 0.2) is 0 Å². The molecule has 0 spiro atoms. The van der Waals surface area contributed by atoms with E-state index in [0.29, 0.717) is 0 Å². The van der Waals surface area contributed by atoms with Gasteiger partial charge in [-0.25, -0.2) is 0 Å². The molecule has 0 aliphatic carbocycles. The third-order valence-electron chi connectivity index (χ3n) is 10.1. The van der Waals surface area contributed by atoms with E-state index in [1.807, 2.05) is 22.7 Å². The Balaban J connectivity index is 1.17. The monoisotopic (exact) mass is 673 g/mol. The predicted octanol–water partition coefficient (Wildman–Crippen LogP) is 14.6. The summed E-state index contributed by atoms with van der Waals surface area (Å²) in [6.07, 6.45) is 0. The molecule has 0 bridgehead atoms. The van der Waals surface area contributed by atoms with E-state index >= 15 is 0 Å². The highest BCUT2D eigenvalue weighted by molar-refractivity contribution is 7.26. The first-order valence-corrected chi connectivity index (χ1v) is 18.5. The zero-order valence-electron chi connectivity index (χ0n) is 26.8. The highest BCUT2D eigenvalue weighted by atomic mass is 32.1. The van der Waals surface area contributed by atoms with Gasteiger partial charge in [0.2, 0.25) is 0 Å². The van der Waals surface area contributed by atoms with E-state index in [9.17, 15) is 0 Å². The van der Waals surface area contributed by atoms with Gasteiger partial charge >= 0.3 is 0 Å². The van der Waals surface area contributed by atoms with Crippen LogP contribution in [0.4, 0.5) is 17.1 Å². The first-order chi connectivity index (χ1) is 24.8. The Hall–Kier alpha value is -5.94. The van der Waals surface area contributed by atoms with Crippen LogP contribution in [0, 0.1) is 0 Å². The summed E-state index contributed by atoms with van der Waals surface area (Å²) >= 11 is 3.72. The van der Waals surface area contributed by atoms with Crippen LogP contribution >= 0.6 is 22.7 Å². The average Bonchev–Trinajstić information content (AvgIpc) is 3.87. The fourth-order valence-electron chi connectivity index (χ4n) is 7.76. The number of rotatable bonds is 4. The minimum Gasteiger partial charge on any atom is -0.455 e. The van der Waals surface area contributed by atoms with E-state index in [-0.39, 0.29) is 0 Å². The summed E-state index contributed by atoms with van der Waals surface area (Å²) in [6.45, 7) is 0.